The van der Waals surface area contributed by atoms with E-state index in [2.05, 4.69) is 6.92 Å². The fourth-order valence-corrected chi connectivity index (χ4v) is 6.01. The maximum Gasteiger partial charge on any atom is 0.305 e. The first-order valence-electron chi connectivity index (χ1n) is 17.5. The minimum atomic E-state index is -1.63. The Kier molecular flexibility index (Phi) is 14.4. The number of aromatic hydroxyl groups is 4. The van der Waals surface area contributed by atoms with Crippen molar-refractivity contribution in [2.75, 3.05) is 6.61 Å². The van der Waals surface area contributed by atoms with Gasteiger partial charge in [-0.3, -0.25) is 9.59 Å². The van der Waals surface area contributed by atoms with Crippen LogP contribution >= 0.6 is 0 Å². The highest BCUT2D eigenvalue weighted by Crippen LogP contribution is 2.39. The van der Waals surface area contributed by atoms with Gasteiger partial charge in [0.15, 0.2) is 17.3 Å². The quantitative estimate of drug-likeness (QED) is 0.0454. The Morgan fingerprint density at radius 3 is 2.08 bits per heavy atom. The molecule has 0 aliphatic carbocycles. The van der Waals surface area contributed by atoms with Crippen molar-refractivity contribution in [3.8, 4) is 40.1 Å². The third-order valence-electron chi connectivity index (χ3n) is 8.81. The van der Waals surface area contributed by atoms with Gasteiger partial charge in [-0.15, -0.1) is 0 Å². The molecule has 2 heterocycles. The normalized spacial score (nSPS) is 19.2. The number of carbonyl (C=O) groups excluding carboxylic acids is 1. The lowest BCUT2D eigenvalue weighted by Gasteiger charge is -2.36. The lowest BCUT2D eigenvalue weighted by atomic mass is 10.0. The number of carbonyl (C=O) groups is 1. The van der Waals surface area contributed by atoms with Gasteiger partial charge in [-0.05, 0) is 24.6 Å². The van der Waals surface area contributed by atoms with Gasteiger partial charge in [-0.25, -0.2) is 0 Å². The molecule has 2 aromatic carbocycles. The largest absolute Gasteiger partial charge is 0.508 e. The molecule has 0 amide bonds. The van der Waals surface area contributed by atoms with Crippen molar-refractivity contribution in [3.05, 3.63) is 40.6 Å². The lowest BCUT2D eigenvalue weighted by molar-refractivity contribution is -0.243. The van der Waals surface area contributed by atoms with Crippen LogP contribution in [0.4, 0.5) is 0 Å². The van der Waals surface area contributed by atoms with E-state index in [4.69, 9.17) is 18.6 Å². The zero-order valence-corrected chi connectivity index (χ0v) is 28.1. The van der Waals surface area contributed by atoms with Crippen molar-refractivity contribution < 1.29 is 54.1 Å². The van der Waals surface area contributed by atoms with Gasteiger partial charge in [0.1, 0.15) is 35.2 Å². The van der Waals surface area contributed by atoms with E-state index in [-0.39, 0.29) is 47.5 Å². The number of unbranched alkanes of at least 4 members (excludes halogenated alkanes) is 12. The summed E-state index contributed by atoms with van der Waals surface area (Å²) in [5.41, 5.74) is -1.05. The topological polar surface area (TPSA) is 196 Å². The highest BCUT2D eigenvalue weighted by Gasteiger charge is 2.40. The Hall–Kier alpha value is -4.00. The van der Waals surface area contributed by atoms with E-state index in [1.165, 1.54) is 63.9 Å². The van der Waals surface area contributed by atoms with E-state index in [1.807, 2.05) is 0 Å². The Labute approximate surface area is 285 Å². The summed E-state index contributed by atoms with van der Waals surface area (Å²) in [5, 5.41) is 61.2. The molecule has 6 N–H and O–H groups in total. The molecule has 0 radical (unpaired) electrons. The first-order chi connectivity index (χ1) is 23.6. The molecule has 1 saturated heterocycles. The molecule has 4 rings (SSSR count). The Morgan fingerprint density at radius 1 is 0.816 bits per heavy atom. The molecule has 4 atom stereocenters. The van der Waals surface area contributed by atoms with Crippen molar-refractivity contribution in [1.82, 2.24) is 0 Å². The molecular formula is C37H50O12. The zero-order chi connectivity index (χ0) is 35.3. The van der Waals surface area contributed by atoms with E-state index in [0.29, 0.717) is 6.42 Å². The maximum atomic E-state index is 13.6. The second-order valence-electron chi connectivity index (χ2n) is 12.8. The molecule has 49 heavy (non-hydrogen) atoms. The minimum absolute atomic E-state index is 0.0663. The summed E-state index contributed by atoms with van der Waals surface area (Å²) in [7, 11) is 0. The van der Waals surface area contributed by atoms with Crippen LogP contribution in [0.5, 0.6) is 28.7 Å². The number of aliphatic hydroxyl groups is 2. The van der Waals surface area contributed by atoms with E-state index in [1.54, 1.807) is 0 Å². The second kappa shape index (κ2) is 18.7. The van der Waals surface area contributed by atoms with E-state index in [9.17, 15) is 40.2 Å². The van der Waals surface area contributed by atoms with Gasteiger partial charge in [0.2, 0.25) is 17.5 Å². The predicted molar refractivity (Wildman–Crippen MR) is 182 cm³/mol. The van der Waals surface area contributed by atoms with Crippen LogP contribution in [-0.4, -0.2) is 67.8 Å². The van der Waals surface area contributed by atoms with Crippen LogP contribution in [0.1, 0.15) is 103 Å². The van der Waals surface area contributed by atoms with Crippen molar-refractivity contribution in [3.63, 3.8) is 0 Å². The van der Waals surface area contributed by atoms with Gasteiger partial charge < -0.3 is 49.3 Å². The molecule has 12 nitrogen and oxygen atoms in total. The number of hydrogen-bond acceptors (Lipinski definition) is 12. The molecule has 0 spiro atoms. The molecule has 270 valence electrons. The monoisotopic (exact) mass is 686 g/mol. The van der Waals surface area contributed by atoms with Crippen LogP contribution in [0.3, 0.4) is 0 Å². The van der Waals surface area contributed by atoms with E-state index >= 15 is 0 Å². The number of hydrogen-bond donors (Lipinski definition) is 6. The number of fused-ring (bicyclic) bond motifs is 1. The van der Waals surface area contributed by atoms with Crippen molar-refractivity contribution in [2.45, 2.75) is 128 Å². The number of ether oxygens (including phenoxy) is 3. The van der Waals surface area contributed by atoms with Gasteiger partial charge in [0, 0.05) is 30.5 Å². The number of phenolic OH excluding ortho intramolecular Hbond substituents is 4. The first kappa shape index (κ1) is 37.8. The lowest BCUT2D eigenvalue weighted by Crippen LogP contribution is -2.52. The van der Waals surface area contributed by atoms with Crippen LogP contribution in [0.15, 0.2) is 39.5 Å². The minimum Gasteiger partial charge on any atom is -0.508 e. The molecule has 1 aromatic heterocycles. The smallest absolute Gasteiger partial charge is 0.305 e. The van der Waals surface area contributed by atoms with Gasteiger partial charge in [-0.1, -0.05) is 84.0 Å². The first-order valence-corrected chi connectivity index (χ1v) is 17.5. The van der Waals surface area contributed by atoms with Crippen LogP contribution in [0, 0.1) is 0 Å². The molecule has 0 bridgehead atoms. The average molecular weight is 687 g/mol. The van der Waals surface area contributed by atoms with Crippen LogP contribution in [0.25, 0.3) is 22.3 Å². The van der Waals surface area contributed by atoms with Crippen molar-refractivity contribution >= 4 is 16.9 Å². The zero-order valence-electron chi connectivity index (χ0n) is 28.1. The SMILES string of the molecule is CCCCCCCCCCCCCCCC(=O)OCC1CC(O)C(O)C(Oc2c(-c3ccc(O)c(O)c3)oc3cc(O)cc(O)c3c2=O)O1. The Bertz CT molecular complexity index is 1570. The third-order valence-corrected chi connectivity index (χ3v) is 8.81. The third kappa shape index (κ3) is 10.7. The summed E-state index contributed by atoms with van der Waals surface area (Å²) >= 11 is 0. The number of esters is 1. The molecule has 12 heteroatoms. The highest BCUT2D eigenvalue weighted by molar-refractivity contribution is 5.88. The van der Waals surface area contributed by atoms with Gasteiger partial charge in [-0.2, -0.15) is 0 Å². The van der Waals surface area contributed by atoms with Gasteiger partial charge >= 0.3 is 5.97 Å². The highest BCUT2D eigenvalue weighted by atomic mass is 16.7. The average Bonchev–Trinajstić information content (AvgIpc) is 3.06. The number of rotatable bonds is 19. The fraction of sp³-hybridized carbons (Fsp3) is 0.568. The number of benzene rings is 2. The van der Waals surface area contributed by atoms with Crippen molar-refractivity contribution in [1.29, 1.82) is 0 Å². The predicted octanol–water partition coefficient (Wildman–Crippen LogP) is 6.52. The van der Waals surface area contributed by atoms with Crippen LogP contribution < -0.4 is 10.2 Å². The molecular weight excluding hydrogens is 636 g/mol. The second-order valence-corrected chi connectivity index (χ2v) is 12.8. The van der Waals surface area contributed by atoms with E-state index < -0.39 is 59.0 Å². The van der Waals surface area contributed by atoms with E-state index in [0.717, 1.165) is 43.5 Å². The maximum absolute atomic E-state index is 13.6. The summed E-state index contributed by atoms with van der Waals surface area (Å²) in [5.74, 6) is -3.20. The Balaban J connectivity index is 1.31. The molecule has 1 aliphatic rings. The molecule has 0 saturated carbocycles. The summed E-state index contributed by atoms with van der Waals surface area (Å²) in [4.78, 5) is 26.1. The molecule has 4 unspecified atom stereocenters. The van der Waals surface area contributed by atoms with Crippen molar-refractivity contribution in [2.24, 2.45) is 0 Å². The summed E-state index contributed by atoms with van der Waals surface area (Å²) in [6, 6.07) is 5.61. The summed E-state index contributed by atoms with van der Waals surface area (Å²) in [6.07, 6.45) is 10.2. The Morgan fingerprint density at radius 2 is 1.45 bits per heavy atom. The number of phenols is 4. The molecule has 1 aliphatic heterocycles. The van der Waals surface area contributed by atoms with Gasteiger partial charge in [0.25, 0.3) is 0 Å². The van der Waals surface area contributed by atoms with Crippen LogP contribution in [-0.2, 0) is 14.3 Å². The summed E-state index contributed by atoms with van der Waals surface area (Å²) < 4.78 is 22.8. The van der Waals surface area contributed by atoms with Gasteiger partial charge in [0.05, 0.1) is 12.2 Å². The molecule has 1 fully saturated rings. The fourth-order valence-electron chi connectivity index (χ4n) is 6.01. The number of aliphatic hydroxyl groups excluding tert-OH is 2. The van der Waals surface area contributed by atoms with Crippen LogP contribution in [0.2, 0.25) is 0 Å². The molecule has 3 aromatic rings. The summed E-state index contributed by atoms with van der Waals surface area (Å²) in [6.45, 7) is 2.01. The standard InChI is InChI=1S/C37H50O12/c1-2-3-4-5-6-7-8-9-10-11-12-13-14-15-31(43)46-22-25-21-29(42)33(44)37(47-25)49-36-34(45)32-28(41)19-24(38)20-30(32)48-35(36)23-16-17-26(39)27(40)18-23/h16-20,25,29,33,37-42,44H,2-15,21-22H2,1H3.